The first kappa shape index (κ1) is 13.9. The summed E-state index contributed by atoms with van der Waals surface area (Å²) in [7, 11) is 0. The van der Waals surface area contributed by atoms with Crippen LogP contribution in [0.4, 0.5) is 0 Å². The summed E-state index contributed by atoms with van der Waals surface area (Å²) in [5.74, 6) is -1.43. The van der Waals surface area contributed by atoms with Gasteiger partial charge in [0.15, 0.2) is 5.34 Å². The fraction of sp³-hybridized carbons (Fsp3) is 0.667. The van der Waals surface area contributed by atoms with Gasteiger partial charge >= 0.3 is 11.9 Å². The molecule has 0 aliphatic carbocycles. The van der Waals surface area contributed by atoms with Crippen molar-refractivity contribution < 1.29 is 24.6 Å². The highest BCUT2D eigenvalue weighted by molar-refractivity contribution is 5.76. The number of hydrogen-bond donors (Lipinski definition) is 2. The molecule has 76 valence electrons. The lowest BCUT2D eigenvalue weighted by Gasteiger charge is -1.97. The molecule has 0 fully saturated rings. The van der Waals surface area contributed by atoms with Gasteiger partial charge in [0.25, 0.3) is 0 Å². The first-order chi connectivity index (χ1) is 6.08. The number of hydrogen-bond acceptors (Lipinski definition) is 5. The van der Waals surface area contributed by atoms with E-state index in [1.54, 1.807) is 6.92 Å². The number of carbonyl (C=O) groups excluding carboxylic acids is 1. The molecule has 0 saturated carbocycles. The van der Waals surface area contributed by atoms with Crippen LogP contribution in [0.2, 0.25) is 0 Å². The average molecular weight is 193 g/mol. The van der Waals surface area contributed by atoms with Gasteiger partial charge in [-0.05, 0) is 6.92 Å². The van der Waals surface area contributed by atoms with Crippen molar-refractivity contribution in [1.29, 1.82) is 0 Å². The highest BCUT2D eigenvalue weighted by Crippen LogP contribution is 1.91. The molecular formula is C6H11NO6. The Bertz CT molecular complexity index is 169. The average Bonchev–Trinajstić information content (AvgIpc) is 2.03. The van der Waals surface area contributed by atoms with Crippen molar-refractivity contribution >= 4 is 11.9 Å². The second kappa shape index (κ2) is 10.3. The van der Waals surface area contributed by atoms with E-state index in [1.807, 2.05) is 0 Å². The van der Waals surface area contributed by atoms with Crippen LogP contribution < -0.4 is 0 Å². The Balaban J connectivity index is 0. The van der Waals surface area contributed by atoms with Crippen LogP contribution in [0.5, 0.6) is 0 Å². The summed E-state index contributed by atoms with van der Waals surface area (Å²) in [4.78, 5) is 28.5. The van der Waals surface area contributed by atoms with Gasteiger partial charge < -0.3 is 15.1 Å². The molecule has 0 unspecified atom stereocenters. The zero-order valence-electron chi connectivity index (χ0n) is 7.10. The van der Waals surface area contributed by atoms with Crippen LogP contribution in [0.15, 0.2) is 5.34 Å². The van der Waals surface area contributed by atoms with Gasteiger partial charge in [-0.2, -0.15) is 0 Å². The molecule has 13 heavy (non-hydrogen) atoms. The van der Waals surface area contributed by atoms with Gasteiger partial charge in [-0.25, -0.2) is 0 Å². The standard InChI is InChI=1S/C6H10O4.HNO2/c1-2-10-6(9)4-3-5(7)8;2-1-3/h2-4H2,1H3,(H,7,8);(H,2,3). The Kier molecular flexibility index (Phi) is 11.1. The summed E-state index contributed by atoms with van der Waals surface area (Å²) >= 11 is 0. The predicted octanol–water partition coefficient (Wildman–Crippen LogP) is 0.556. The smallest absolute Gasteiger partial charge is 0.306 e. The first-order valence-corrected chi connectivity index (χ1v) is 3.42. The predicted molar refractivity (Wildman–Crippen MR) is 41.1 cm³/mol. The molecule has 0 heterocycles. The zero-order chi connectivity index (χ0) is 10.7. The molecule has 0 aromatic rings. The van der Waals surface area contributed by atoms with E-state index in [0.29, 0.717) is 6.61 Å². The van der Waals surface area contributed by atoms with E-state index in [9.17, 15) is 9.59 Å². The van der Waals surface area contributed by atoms with E-state index in [1.165, 1.54) is 5.34 Å². The lowest BCUT2D eigenvalue weighted by molar-refractivity contribution is -0.147. The van der Waals surface area contributed by atoms with Gasteiger partial charge in [0.1, 0.15) is 0 Å². The molecule has 0 bridgehead atoms. The second-order valence-electron chi connectivity index (χ2n) is 1.78. The normalized spacial score (nSPS) is 7.77. The third-order valence-electron chi connectivity index (χ3n) is 0.848. The van der Waals surface area contributed by atoms with Crippen LogP contribution in [-0.2, 0) is 14.3 Å². The highest BCUT2D eigenvalue weighted by atomic mass is 16.6. The van der Waals surface area contributed by atoms with Crippen molar-refractivity contribution in [3.05, 3.63) is 4.91 Å². The molecule has 0 aromatic carbocycles. The van der Waals surface area contributed by atoms with Crippen molar-refractivity contribution in [2.75, 3.05) is 6.61 Å². The van der Waals surface area contributed by atoms with E-state index >= 15 is 0 Å². The first-order valence-electron chi connectivity index (χ1n) is 3.42. The molecular weight excluding hydrogens is 182 g/mol. The zero-order valence-corrected chi connectivity index (χ0v) is 7.10. The van der Waals surface area contributed by atoms with E-state index in [0.717, 1.165) is 0 Å². The number of nitrogens with zero attached hydrogens (tertiary/aromatic N) is 1. The lowest BCUT2D eigenvalue weighted by Crippen LogP contribution is -2.06. The van der Waals surface area contributed by atoms with Crippen LogP contribution >= 0.6 is 0 Å². The Morgan fingerprint density at radius 3 is 2.15 bits per heavy atom. The second-order valence-corrected chi connectivity index (χ2v) is 1.78. The maximum absolute atomic E-state index is 10.5. The van der Waals surface area contributed by atoms with Crippen molar-refractivity contribution in [1.82, 2.24) is 0 Å². The van der Waals surface area contributed by atoms with E-state index in [2.05, 4.69) is 4.74 Å². The molecule has 0 spiro atoms. The number of rotatable bonds is 4. The number of carbonyl (C=O) groups is 2. The molecule has 0 radical (unpaired) electrons. The van der Waals surface area contributed by atoms with Crippen molar-refractivity contribution in [2.45, 2.75) is 19.8 Å². The Morgan fingerprint density at radius 1 is 1.38 bits per heavy atom. The number of ether oxygens (including phenoxy) is 1. The SMILES string of the molecule is CCOC(=O)CCC(=O)O.O=NO. The number of esters is 1. The van der Waals surface area contributed by atoms with Crippen LogP contribution in [0, 0.1) is 4.91 Å². The van der Waals surface area contributed by atoms with E-state index < -0.39 is 11.9 Å². The molecule has 0 rings (SSSR count). The molecule has 0 atom stereocenters. The quantitative estimate of drug-likeness (QED) is 0.383. The van der Waals surface area contributed by atoms with Gasteiger partial charge in [0.05, 0.1) is 19.4 Å². The third kappa shape index (κ3) is 17.9. The van der Waals surface area contributed by atoms with Crippen LogP contribution in [0.1, 0.15) is 19.8 Å². The molecule has 7 heteroatoms. The van der Waals surface area contributed by atoms with Gasteiger partial charge in [-0.15, -0.1) is 4.91 Å². The van der Waals surface area contributed by atoms with Crippen LogP contribution in [-0.4, -0.2) is 28.9 Å². The molecule has 0 aliphatic rings. The molecule has 0 aliphatic heterocycles. The minimum Gasteiger partial charge on any atom is -0.481 e. The summed E-state index contributed by atoms with van der Waals surface area (Å²) in [5.41, 5.74) is 0. The van der Waals surface area contributed by atoms with Gasteiger partial charge in [-0.1, -0.05) is 0 Å². The van der Waals surface area contributed by atoms with E-state index in [4.69, 9.17) is 15.2 Å². The summed E-state index contributed by atoms with van der Waals surface area (Å²) < 4.78 is 4.49. The largest absolute Gasteiger partial charge is 0.481 e. The minimum atomic E-state index is -0.979. The Hall–Kier alpha value is -1.66. The number of carboxylic acid groups (broad SMARTS) is 1. The third-order valence-corrected chi connectivity index (χ3v) is 0.848. The van der Waals surface area contributed by atoms with E-state index in [-0.39, 0.29) is 12.8 Å². The van der Waals surface area contributed by atoms with Crippen LogP contribution in [0.25, 0.3) is 0 Å². The summed E-state index contributed by atoms with van der Waals surface area (Å²) in [6, 6.07) is 0. The van der Waals surface area contributed by atoms with Crippen molar-refractivity contribution in [2.24, 2.45) is 5.34 Å². The summed E-state index contributed by atoms with van der Waals surface area (Å²) in [6.45, 7) is 1.98. The van der Waals surface area contributed by atoms with Crippen molar-refractivity contribution in [3.63, 3.8) is 0 Å². The molecule has 0 aromatic heterocycles. The monoisotopic (exact) mass is 193 g/mol. The maximum atomic E-state index is 10.5. The van der Waals surface area contributed by atoms with Crippen LogP contribution in [0.3, 0.4) is 0 Å². The number of aliphatic carboxylic acids is 1. The van der Waals surface area contributed by atoms with Gasteiger partial charge in [0.2, 0.25) is 0 Å². The molecule has 2 N–H and O–H groups in total. The number of carboxylic acids is 1. The Morgan fingerprint density at radius 2 is 1.85 bits per heavy atom. The molecule has 0 amide bonds. The van der Waals surface area contributed by atoms with Gasteiger partial charge in [0, 0.05) is 0 Å². The van der Waals surface area contributed by atoms with Gasteiger partial charge in [-0.3, -0.25) is 9.59 Å². The maximum Gasteiger partial charge on any atom is 0.306 e. The minimum absolute atomic E-state index is 0.0385. The fourth-order valence-electron chi connectivity index (χ4n) is 0.442. The summed E-state index contributed by atoms with van der Waals surface area (Å²) in [6.07, 6.45) is -0.192. The highest BCUT2D eigenvalue weighted by Gasteiger charge is 2.04. The molecule has 0 saturated heterocycles. The molecule has 7 nitrogen and oxygen atoms in total. The fourth-order valence-corrected chi connectivity index (χ4v) is 0.442. The Labute approximate surface area is 74.2 Å². The summed E-state index contributed by atoms with van der Waals surface area (Å²) in [5, 5.41) is 16.0. The lowest BCUT2D eigenvalue weighted by atomic mass is 10.3. The topological polar surface area (TPSA) is 113 Å². The van der Waals surface area contributed by atoms with Crippen molar-refractivity contribution in [3.8, 4) is 0 Å².